The van der Waals surface area contributed by atoms with Gasteiger partial charge in [0.1, 0.15) is 24.4 Å². The summed E-state index contributed by atoms with van der Waals surface area (Å²) in [5.41, 5.74) is 0. The highest BCUT2D eigenvalue weighted by molar-refractivity contribution is 4.94. The van der Waals surface area contributed by atoms with E-state index in [9.17, 15) is 5.11 Å². The Morgan fingerprint density at radius 3 is 2.88 bits per heavy atom. The van der Waals surface area contributed by atoms with Crippen LogP contribution >= 0.6 is 0 Å². The van der Waals surface area contributed by atoms with Gasteiger partial charge in [-0.15, -0.1) is 6.58 Å². The first-order valence-electron chi connectivity index (χ1n) is 5.96. The third-order valence-electron chi connectivity index (χ3n) is 3.12. The lowest BCUT2D eigenvalue weighted by Crippen LogP contribution is -2.33. The predicted octanol–water partition coefficient (Wildman–Crippen LogP) is 0.886. The number of aliphatic hydroxyl groups is 1. The van der Waals surface area contributed by atoms with Crippen LogP contribution in [0.3, 0.4) is 0 Å². The highest BCUT2D eigenvalue weighted by atomic mass is 16.6. The van der Waals surface area contributed by atoms with Gasteiger partial charge in [0, 0.05) is 6.61 Å². The molecule has 0 unspecified atom stereocenters. The first-order valence-corrected chi connectivity index (χ1v) is 5.96. The molecule has 92 valence electrons. The zero-order valence-corrected chi connectivity index (χ0v) is 9.51. The van der Waals surface area contributed by atoms with Gasteiger partial charge in [0.2, 0.25) is 0 Å². The largest absolute Gasteiger partial charge is 0.388 e. The van der Waals surface area contributed by atoms with Gasteiger partial charge in [0.05, 0.1) is 13.2 Å². The second-order valence-corrected chi connectivity index (χ2v) is 4.36. The van der Waals surface area contributed by atoms with E-state index in [-0.39, 0.29) is 18.3 Å². The molecule has 0 saturated carbocycles. The van der Waals surface area contributed by atoms with Gasteiger partial charge in [-0.3, -0.25) is 0 Å². The van der Waals surface area contributed by atoms with E-state index in [4.69, 9.17) is 14.2 Å². The summed E-state index contributed by atoms with van der Waals surface area (Å²) in [6, 6.07) is 0. The smallest absolute Gasteiger partial charge is 0.115 e. The summed E-state index contributed by atoms with van der Waals surface area (Å²) < 4.78 is 16.6. The van der Waals surface area contributed by atoms with Crippen molar-refractivity contribution in [3.63, 3.8) is 0 Å². The maximum Gasteiger partial charge on any atom is 0.115 e. The second kappa shape index (κ2) is 5.77. The lowest BCUT2D eigenvalue weighted by atomic mass is 10.1. The van der Waals surface area contributed by atoms with Gasteiger partial charge in [-0.05, 0) is 19.3 Å². The van der Waals surface area contributed by atoms with E-state index in [1.165, 1.54) is 0 Å². The van der Waals surface area contributed by atoms with E-state index in [1.807, 2.05) is 6.08 Å². The maximum atomic E-state index is 9.54. The second-order valence-electron chi connectivity index (χ2n) is 4.36. The molecule has 2 rings (SSSR count). The van der Waals surface area contributed by atoms with Crippen LogP contribution in [0.5, 0.6) is 0 Å². The van der Waals surface area contributed by atoms with E-state index in [0.717, 1.165) is 25.9 Å². The molecule has 0 aliphatic carbocycles. The number of hydrogen-bond donors (Lipinski definition) is 1. The Morgan fingerprint density at radius 1 is 1.25 bits per heavy atom. The van der Waals surface area contributed by atoms with E-state index < -0.39 is 6.10 Å². The molecule has 0 aromatic carbocycles. The Morgan fingerprint density at radius 2 is 2.06 bits per heavy atom. The number of fused-ring (bicyclic) bond motifs is 1. The van der Waals surface area contributed by atoms with Crippen molar-refractivity contribution in [2.45, 2.75) is 43.7 Å². The van der Waals surface area contributed by atoms with Gasteiger partial charge in [-0.1, -0.05) is 6.08 Å². The first-order chi connectivity index (χ1) is 7.83. The van der Waals surface area contributed by atoms with Gasteiger partial charge in [-0.25, -0.2) is 0 Å². The fourth-order valence-electron chi connectivity index (χ4n) is 2.21. The number of rotatable bonds is 6. The molecule has 2 aliphatic rings. The summed E-state index contributed by atoms with van der Waals surface area (Å²) >= 11 is 0. The molecule has 0 aromatic rings. The van der Waals surface area contributed by atoms with Crippen molar-refractivity contribution in [2.75, 3.05) is 19.8 Å². The number of hydrogen-bond acceptors (Lipinski definition) is 4. The summed E-state index contributed by atoms with van der Waals surface area (Å²) in [5, 5.41) is 9.54. The predicted molar refractivity (Wildman–Crippen MR) is 59.3 cm³/mol. The molecular weight excluding hydrogens is 208 g/mol. The molecule has 4 atom stereocenters. The van der Waals surface area contributed by atoms with Crippen LogP contribution in [0.2, 0.25) is 0 Å². The first kappa shape index (κ1) is 12.0. The lowest BCUT2D eigenvalue weighted by molar-refractivity contribution is -0.0377. The van der Waals surface area contributed by atoms with Crippen LogP contribution in [0.1, 0.15) is 19.3 Å². The molecule has 0 amide bonds. The van der Waals surface area contributed by atoms with Gasteiger partial charge in [0.25, 0.3) is 0 Å². The molecule has 0 spiro atoms. The van der Waals surface area contributed by atoms with Crippen LogP contribution in [0.4, 0.5) is 0 Å². The summed E-state index contributed by atoms with van der Waals surface area (Å²) in [6.07, 6.45) is 4.34. The number of unbranched alkanes of at least 4 members (excludes halogenated alkanes) is 2. The van der Waals surface area contributed by atoms with Gasteiger partial charge < -0.3 is 19.3 Å². The van der Waals surface area contributed by atoms with Gasteiger partial charge >= 0.3 is 0 Å². The topological polar surface area (TPSA) is 47.9 Å². The average molecular weight is 228 g/mol. The molecule has 0 radical (unpaired) electrons. The van der Waals surface area contributed by atoms with Crippen molar-refractivity contribution < 1.29 is 19.3 Å². The van der Waals surface area contributed by atoms with E-state index in [0.29, 0.717) is 13.2 Å². The summed E-state index contributed by atoms with van der Waals surface area (Å²) in [4.78, 5) is 0. The molecule has 1 N–H and O–H groups in total. The van der Waals surface area contributed by atoms with E-state index in [2.05, 4.69) is 6.58 Å². The molecule has 16 heavy (non-hydrogen) atoms. The normalized spacial score (nSPS) is 37.6. The third-order valence-corrected chi connectivity index (χ3v) is 3.12. The zero-order chi connectivity index (χ0) is 11.4. The Labute approximate surface area is 96.2 Å². The number of allylic oxidation sites excluding steroid dienone is 1. The highest BCUT2D eigenvalue weighted by Crippen LogP contribution is 2.28. The Hall–Kier alpha value is -0.420. The van der Waals surface area contributed by atoms with Crippen molar-refractivity contribution in [3.05, 3.63) is 12.7 Å². The van der Waals surface area contributed by atoms with Crippen LogP contribution in [0, 0.1) is 0 Å². The molecule has 2 aliphatic heterocycles. The molecule has 0 bridgehead atoms. The van der Waals surface area contributed by atoms with Crippen molar-refractivity contribution in [1.29, 1.82) is 0 Å². The maximum absolute atomic E-state index is 9.54. The Kier molecular flexibility index (Phi) is 4.35. The molecular formula is C12H20O4. The van der Waals surface area contributed by atoms with Crippen LogP contribution < -0.4 is 0 Å². The van der Waals surface area contributed by atoms with Crippen molar-refractivity contribution >= 4 is 0 Å². The molecule has 4 nitrogen and oxygen atoms in total. The highest BCUT2D eigenvalue weighted by Gasteiger charge is 2.47. The standard InChI is InChI=1S/C12H20O4/c1-2-3-4-5-6-14-10-8-16-11-9(13)7-15-12(10)11/h2,9-13H,1,3-8H2/t9-,10-,11-,12-/m1/s1. The molecule has 4 heteroatoms. The van der Waals surface area contributed by atoms with Crippen molar-refractivity contribution in [1.82, 2.24) is 0 Å². The fourth-order valence-corrected chi connectivity index (χ4v) is 2.21. The molecule has 0 aromatic heterocycles. The van der Waals surface area contributed by atoms with Crippen molar-refractivity contribution in [3.8, 4) is 0 Å². The zero-order valence-electron chi connectivity index (χ0n) is 9.51. The Balaban J connectivity index is 1.65. The third kappa shape index (κ3) is 2.63. The van der Waals surface area contributed by atoms with E-state index in [1.54, 1.807) is 0 Å². The van der Waals surface area contributed by atoms with Gasteiger partial charge in [-0.2, -0.15) is 0 Å². The minimum Gasteiger partial charge on any atom is -0.388 e. The van der Waals surface area contributed by atoms with Crippen LogP contribution in [-0.4, -0.2) is 49.3 Å². The van der Waals surface area contributed by atoms with Crippen LogP contribution in [0.15, 0.2) is 12.7 Å². The summed E-state index contributed by atoms with van der Waals surface area (Å²) in [7, 11) is 0. The van der Waals surface area contributed by atoms with E-state index >= 15 is 0 Å². The monoisotopic (exact) mass is 228 g/mol. The van der Waals surface area contributed by atoms with Crippen LogP contribution in [0.25, 0.3) is 0 Å². The summed E-state index contributed by atoms with van der Waals surface area (Å²) in [6.45, 7) is 5.31. The average Bonchev–Trinajstić information content (AvgIpc) is 2.83. The molecule has 2 heterocycles. The molecule has 2 fully saturated rings. The summed E-state index contributed by atoms with van der Waals surface area (Å²) in [5.74, 6) is 0. The number of ether oxygens (including phenoxy) is 3. The minimum absolute atomic E-state index is 0.00844. The lowest BCUT2D eigenvalue weighted by Gasteiger charge is -2.16. The minimum atomic E-state index is -0.487. The molecule has 2 saturated heterocycles. The number of aliphatic hydroxyl groups excluding tert-OH is 1. The Bertz CT molecular complexity index is 231. The van der Waals surface area contributed by atoms with Gasteiger partial charge in [0.15, 0.2) is 0 Å². The SMILES string of the molecule is C=CCCCCO[C@@H]1CO[C@H]2[C@@H]1OC[C@H]2O. The quantitative estimate of drug-likeness (QED) is 0.541. The fraction of sp³-hybridized carbons (Fsp3) is 0.833. The van der Waals surface area contributed by atoms with Crippen molar-refractivity contribution in [2.24, 2.45) is 0 Å². The van der Waals surface area contributed by atoms with Crippen LogP contribution in [-0.2, 0) is 14.2 Å².